The zero-order chi connectivity index (χ0) is 16.4. The second-order valence-corrected chi connectivity index (χ2v) is 6.23. The number of pyridine rings is 1. The normalized spacial score (nSPS) is 10.6. The molecule has 0 bridgehead atoms. The van der Waals surface area contributed by atoms with Crippen LogP contribution in [-0.2, 0) is 0 Å². The molecule has 3 aromatic rings. The van der Waals surface area contributed by atoms with E-state index in [0.717, 1.165) is 21.8 Å². The van der Waals surface area contributed by atoms with Gasteiger partial charge in [-0.25, -0.2) is 4.98 Å². The topological polar surface area (TPSA) is 46.1 Å². The Kier molecular flexibility index (Phi) is 4.21. The molecule has 2 aromatic heterocycles. The minimum atomic E-state index is -0.0692. The van der Waals surface area contributed by atoms with Gasteiger partial charge in [0, 0.05) is 24.0 Å². The predicted molar refractivity (Wildman–Crippen MR) is 94.0 cm³/mol. The van der Waals surface area contributed by atoms with Crippen LogP contribution in [0.5, 0.6) is 0 Å². The molecule has 2 heterocycles. The predicted octanol–water partition coefficient (Wildman–Crippen LogP) is 4.10. The fourth-order valence-corrected chi connectivity index (χ4v) is 3.32. The highest BCUT2D eigenvalue weighted by atomic mass is 32.1. The van der Waals surface area contributed by atoms with Crippen LogP contribution in [0.15, 0.2) is 48.0 Å². The molecular weight excluding hydrogens is 306 g/mol. The van der Waals surface area contributed by atoms with E-state index in [-0.39, 0.29) is 5.91 Å². The molecule has 0 saturated carbocycles. The maximum Gasteiger partial charge on any atom is 0.259 e. The van der Waals surface area contributed by atoms with Crippen LogP contribution in [0.25, 0.3) is 10.4 Å². The average Bonchev–Trinajstić information content (AvgIpc) is 3.03. The average molecular weight is 323 g/mol. The second-order valence-electron chi connectivity index (χ2n) is 5.37. The van der Waals surface area contributed by atoms with E-state index < -0.39 is 0 Å². The summed E-state index contributed by atoms with van der Waals surface area (Å²) in [7, 11) is 1.76. The first-order valence-corrected chi connectivity index (χ1v) is 8.16. The van der Waals surface area contributed by atoms with E-state index in [1.807, 2.05) is 56.3 Å². The van der Waals surface area contributed by atoms with Gasteiger partial charge in [0.1, 0.15) is 0 Å². The quantitative estimate of drug-likeness (QED) is 0.729. The SMILES string of the molecule is Cc1cc(-c2scnc2N(C)C(=O)c2ccccc2)cc(C)n1. The molecule has 116 valence electrons. The molecule has 0 fully saturated rings. The van der Waals surface area contributed by atoms with Crippen molar-refractivity contribution in [3.8, 4) is 10.4 Å². The first-order valence-electron chi connectivity index (χ1n) is 7.28. The second kappa shape index (κ2) is 6.30. The van der Waals surface area contributed by atoms with E-state index in [0.29, 0.717) is 11.4 Å². The van der Waals surface area contributed by atoms with E-state index in [2.05, 4.69) is 9.97 Å². The van der Waals surface area contributed by atoms with Gasteiger partial charge >= 0.3 is 0 Å². The fraction of sp³-hybridized carbons (Fsp3) is 0.167. The van der Waals surface area contributed by atoms with Gasteiger partial charge in [0.15, 0.2) is 5.82 Å². The number of thiazole rings is 1. The van der Waals surface area contributed by atoms with Crippen LogP contribution < -0.4 is 4.90 Å². The zero-order valence-electron chi connectivity index (χ0n) is 13.3. The monoisotopic (exact) mass is 323 g/mol. The molecule has 0 radical (unpaired) electrons. The van der Waals surface area contributed by atoms with Crippen molar-refractivity contribution in [3.05, 3.63) is 64.9 Å². The molecule has 0 aliphatic heterocycles. The van der Waals surface area contributed by atoms with E-state index in [1.165, 1.54) is 11.3 Å². The van der Waals surface area contributed by atoms with Crippen LogP contribution >= 0.6 is 11.3 Å². The fourth-order valence-electron chi connectivity index (χ4n) is 2.51. The number of nitrogens with zero attached hydrogens (tertiary/aromatic N) is 3. The van der Waals surface area contributed by atoms with Gasteiger partial charge in [-0.1, -0.05) is 18.2 Å². The zero-order valence-corrected chi connectivity index (χ0v) is 14.1. The summed E-state index contributed by atoms with van der Waals surface area (Å²) < 4.78 is 0. The Bertz CT molecular complexity index is 822. The maximum atomic E-state index is 12.6. The minimum Gasteiger partial charge on any atom is -0.295 e. The molecule has 0 atom stereocenters. The highest BCUT2D eigenvalue weighted by molar-refractivity contribution is 7.13. The Morgan fingerprint density at radius 3 is 2.39 bits per heavy atom. The van der Waals surface area contributed by atoms with Crippen LogP contribution in [0, 0.1) is 13.8 Å². The molecule has 0 spiro atoms. The number of amides is 1. The standard InChI is InChI=1S/C18H17N3OS/c1-12-9-15(10-13(2)20-12)16-17(19-11-23-16)21(3)18(22)14-7-5-4-6-8-14/h4-11H,1-3H3. The third-order valence-corrected chi connectivity index (χ3v) is 4.40. The Balaban J connectivity index is 1.99. The van der Waals surface area contributed by atoms with Crippen molar-refractivity contribution in [1.29, 1.82) is 0 Å². The summed E-state index contributed by atoms with van der Waals surface area (Å²) in [6.45, 7) is 3.94. The van der Waals surface area contributed by atoms with Crippen LogP contribution in [0.3, 0.4) is 0 Å². The lowest BCUT2D eigenvalue weighted by molar-refractivity contribution is 0.0992. The van der Waals surface area contributed by atoms with Crippen molar-refractivity contribution >= 4 is 23.1 Å². The van der Waals surface area contributed by atoms with Gasteiger partial charge in [-0.15, -0.1) is 11.3 Å². The smallest absolute Gasteiger partial charge is 0.259 e. The van der Waals surface area contributed by atoms with Crippen LogP contribution in [0.1, 0.15) is 21.7 Å². The van der Waals surface area contributed by atoms with Crippen LogP contribution in [-0.4, -0.2) is 22.9 Å². The number of rotatable bonds is 3. The Hall–Kier alpha value is -2.53. The molecule has 0 aliphatic carbocycles. The van der Waals surface area contributed by atoms with Crippen LogP contribution in [0.4, 0.5) is 5.82 Å². The van der Waals surface area contributed by atoms with E-state index in [9.17, 15) is 4.79 Å². The van der Waals surface area contributed by atoms with Crippen molar-refractivity contribution < 1.29 is 4.79 Å². The summed E-state index contributed by atoms with van der Waals surface area (Å²) >= 11 is 1.53. The third-order valence-electron chi connectivity index (χ3n) is 3.54. The largest absolute Gasteiger partial charge is 0.295 e. The van der Waals surface area contributed by atoms with Gasteiger partial charge < -0.3 is 0 Å². The van der Waals surface area contributed by atoms with Crippen molar-refractivity contribution in [3.63, 3.8) is 0 Å². The summed E-state index contributed by atoms with van der Waals surface area (Å²) in [5, 5.41) is 0. The van der Waals surface area contributed by atoms with Gasteiger partial charge in [0.2, 0.25) is 0 Å². The lowest BCUT2D eigenvalue weighted by Crippen LogP contribution is -2.26. The molecule has 5 heteroatoms. The minimum absolute atomic E-state index is 0.0692. The van der Waals surface area contributed by atoms with Gasteiger partial charge in [0.05, 0.1) is 10.4 Å². The van der Waals surface area contributed by atoms with Crippen LogP contribution in [0.2, 0.25) is 0 Å². The molecule has 4 nitrogen and oxygen atoms in total. The molecule has 0 aliphatic rings. The van der Waals surface area contributed by atoms with Gasteiger partial charge in [-0.05, 0) is 43.7 Å². The van der Waals surface area contributed by atoms with Gasteiger partial charge in [0.25, 0.3) is 5.91 Å². The first-order chi connectivity index (χ1) is 11.1. The number of aromatic nitrogens is 2. The van der Waals surface area contributed by atoms with Crippen molar-refractivity contribution in [2.45, 2.75) is 13.8 Å². The molecule has 0 saturated heterocycles. The van der Waals surface area contributed by atoms with Crippen molar-refractivity contribution in [2.24, 2.45) is 0 Å². The highest BCUT2D eigenvalue weighted by Crippen LogP contribution is 2.34. The molecule has 0 unspecified atom stereocenters. The van der Waals surface area contributed by atoms with E-state index in [4.69, 9.17) is 0 Å². The molecular formula is C18H17N3OS. The molecule has 0 N–H and O–H groups in total. The lowest BCUT2D eigenvalue weighted by Gasteiger charge is -2.17. The number of hydrogen-bond acceptors (Lipinski definition) is 4. The Morgan fingerprint density at radius 2 is 1.74 bits per heavy atom. The maximum absolute atomic E-state index is 12.6. The number of aryl methyl sites for hydroxylation is 2. The Labute approximate surface area is 139 Å². The third kappa shape index (κ3) is 3.14. The molecule has 23 heavy (non-hydrogen) atoms. The number of carbonyl (C=O) groups is 1. The number of anilines is 1. The van der Waals surface area contributed by atoms with Crippen molar-refractivity contribution in [1.82, 2.24) is 9.97 Å². The molecule has 1 aromatic carbocycles. The molecule has 1 amide bonds. The van der Waals surface area contributed by atoms with E-state index in [1.54, 1.807) is 17.5 Å². The van der Waals surface area contributed by atoms with Crippen molar-refractivity contribution in [2.75, 3.05) is 11.9 Å². The summed E-state index contributed by atoms with van der Waals surface area (Å²) in [4.78, 5) is 24.0. The summed E-state index contributed by atoms with van der Waals surface area (Å²) in [6, 6.07) is 13.3. The molecule has 3 rings (SSSR count). The Morgan fingerprint density at radius 1 is 1.09 bits per heavy atom. The van der Waals surface area contributed by atoms with Gasteiger partial charge in [-0.2, -0.15) is 0 Å². The lowest BCUT2D eigenvalue weighted by atomic mass is 10.1. The van der Waals surface area contributed by atoms with Gasteiger partial charge in [-0.3, -0.25) is 14.7 Å². The number of hydrogen-bond donors (Lipinski definition) is 0. The number of benzene rings is 1. The summed E-state index contributed by atoms with van der Waals surface area (Å²) in [6.07, 6.45) is 0. The highest BCUT2D eigenvalue weighted by Gasteiger charge is 2.20. The first kappa shape index (κ1) is 15.4. The van der Waals surface area contributed by atoms with E-state index >= 15 is 0 Å². The number of carbonyl (C=O) groups excluding carboxylic acids is 1. The summed E-state index contributed by atoms with van der Waals surface area (Å²) in [5.74, 6) is 0.606. The summed E-state index contributed by atoms with van der Waals surface area (Å²) in [5.41, 5.74) is 5.37.